The third kappa shape index (κ3) is 4.32. The van der Waals surface area contributed by atoms with Gasteiger partial charge in [-0.3, -0.25) is 4.79 Å². The van der Waals surface area contributed by atoms with E-state index in [-0.39, 0.29) is 4.90 Å². The van der Waals surface area contributed by atoms with Crippen molar-refractivity contribution in [1.29, 1.82) is 0 Å². The summed E-state index contributed by atoms with van der Waals surface area (Å²) in [6.07, 6.45) is 3.28. The van der Waals surface area contributed by atoms with Crippen LogP contribution in [0.2, 0.25) is 0 Å². The van der Waals surface area contributed by atoms with Crippen LogP contribution in [0.5, 0.6) is 0 Å². The Hall–Kier alpha value is -4.23. The lowest BCUT2D eigenvalue weighted by atomic mass is 9.84. The minimum atomic E-state index is -3.91. The number of hydrogen-bond donors (Lipinski definition) is 1. The molecule has 0 fully saturated rings. The van der Waals surface area contributed by atoms with Crippen molar-refractivity contribution < 1.29 is 18.3 Å². The second-order valence-electron chi connectivity index (χ2n) is 9.63. The molecule has 0 atom stereocenters. The van der Waals surface area contributed by atoms with Gasteiger partial charge in [-0.1, -0.05) is 72.3 Å². The molecule has 2 aromatic heterocycles. The molecular weight excluding hydrogens is 484 g/mol. The zero-order valence-electron chi connectivity index (χ0n) is 20.7. The van der Waals surface area contributed by atoms with Crippen LogP contribution in [0, 0.1) is 6.92 Å². The van der Waals surface area contributed by atoms with Gasteiger partial charge in [-0.05, 0) is 55.7 Å². The molecule has 5 rings (SSSR count). The number of rotatable bonds is 6. The number of aryl methyl sites for hydroxylation is 1. The summed E-state index contributed by atoms with van der Waals surface area (Å²) in [5.41, 5.74) is 4.18. The Labute approximate surface area is 215 Å². The van der Waals surface area contributed by atoms with Crippen LogP contribution in [0.3, 0.4) is 0 Å². The van der Waals surface area contributed by atoms with Gasteiger partial charge in [0.15, 0.2) is 5.65 Å². The van der Waals surface area contributed by atoms with E-state index in [0.29, 0.717) is 22.2 Å². The van der Waals surface area contributed by atoms with Gasteiger partial charge in [-0.2, -0.15) is 0 Å². The van der Waals surface area contributed by atoms with Crippen LogP contribution in [0.4, 0.5) is 0 Å². The van der Waals surface area contributed by atoms with Crippen molar-refractivity contribution in [2.75, 3.05) is 0 Å². The van der Waals surface area contributed by atoms with Crippen LogP contribution in [0.15, 0.2) is 102 Å². The summed E-state index contributed by atoms with van der Waals surface area (Å²) >= 11 is 0. The molecular formula is C30H26N2O4S. The van der Waals surface area contributed by atoms with Crippen LogP contribution in [0.1, 0.15) is 25.0 Å². The lowest BCUT2D eigenvalue weighted by Gasteiger charge is -2.19. The Morgan fingerprint density at radius 3 is 2.14 bits per heavy atom. The fraction of sp³-hybridized carbons (Fsp3) is 0.133. The molecule has 0 spiro atoms. The number of pyridine rings is 1. The maximum absolute atomic E-state index is 13.7. The van der Waals surface area contributed by atoms with Crippen molar-refractivity contribution in [2.45, 2.75) is 31.1 Å². The molecule has 2 heterocycles. The second kappa shape index (κ2) is 9.01. The number of carboxylic acids is 1. The summed E-state index contributed by atoms with van der Waals surface area (Å²) in [5.74, 6) is -0.919. The van der Waals surface area contributed by atoms with Crippen molar-refractivity contribution in [3.05, 3.63) is 108 Å². The van der Waals surface area contributed by atoms with Gasteiger partial charge in [0, 0.05) is 28.9 Å². The molecule has 7 heteroatoms. The Bertz CT molecular complexity index is 1720. The zero-order valence-corrected chi connectivity index (χ0v) is 21.5. The topological polar surface area (TPSA) is 89.3 Å². The van der Waals surface area contributed by atoms with Gasteiger partial charge < -0.3 is 5.11 Å². The number of aliphatic carboxylic acids is 1. The maximum atomic E-state index is 13.7. The maximum Gasteiger partial charge on any atom is 0.313 e. The van der Waals surface area contributed by atoms with E-state index in [1.807, 2.05) is 55.5 Å². The summed E-state index contributed by atoms with van der Waals surface area (Å²) in [6.45, 7) is 5.21. The third-order valence-electron chi connectivity index (χ3n) is 6.75. The fourth-order valence-electron chi connectivity index (χ4n) is 4.29. The first kappa shape index (κ1) is 24.5. The van der Waals surface area contributed by atoms with Crippen molar-refractivity contribution in [1.82, 2.24) is 8.96 Å². The lowest BCUT2D eigenvalue weighted by Crippen LogP contribution is -2.28. The van der Waals surface area contributed by atoms with Crippen molar-refractivity contribution in [3.63, 3.8) is 0 Å². The van der Waals surface area contributed by atoms with E-state index in [4.69, 9.17) is 0 Å². The average molecular weight is 511 g/mol. The van der Waals surface area contributed by atoms with Gasteiger partial charge in [-0.15, -0.1) is 0 Å². The molecule has 3 aromatic carbocycles. The molecule has 186 valence electrons. The van der Waals surface area contributed by atoms with Crippen LogP contribution in [-0.2, 0) is 20.2 Å². The Morgan fingerprint density at radius 1 is 0.865 bits per heavy atom. The van der Waals surface area contributed by atoms with Crippen molar-refractivity contribution in [3.8, 4) is 22.3 Å². The molecule has 0 aliphatic rings. The predicted molar refractivity (Wildman–Crippen MR) is 145 cm³/mol. The average Bonchev–Trinajstić information content (AvgIpc) is 3.29. The molecule has 1 N–H and O–H groups in total. The molecule has 0 amide bonds. The number of nitrogens with zero attached hydrogens (tertiary/aromatic N) is 2. The summed E-state index contributed by atoms with van der Waals surface area (Å²) in [7, 11) is -3.91. The van der Waals surface area contributed by atoms with E-state index in [1.165, 1.54) is 3.97 Å². The van der Waals surface area contributed by atoms with E-state index in [2.05, 4.69) is 4.98 Å². The van der Waals surface area contributed by atoms with Crippen LogP contribution < -0.4 is 0 Å². The Balaban J connectivity index is 1.72. The molecule has 6 nitrogen and oxygen atoms in total. The summed E-state index contributed by atoms with van der Waals surface area (Å²) in [6, 6.07) is 25.6. The number of carbonyl (C=O) groups is 1. The summed E-state index contributed by atoms with van der Waals surface area (Å²) in [4.78, 5) is 16.5. The lowest BCUT2D eigenvalue weighted by molar-refractivity contribution is -0.142. The van der Waals surface area contributed by atoms with Gasteiger partial charge >= 0.3 is 5.97 Å². The van der Waals surface area contributed by atoms with E-state index in [1.54, 1.807) is 62.6 Å². The van der Waals surface area contributed by atoms with Crippen LogP contribution >= 0.6 is 0 Å². The fourth-order valence-corrected chi connectivity index (χ4v) is 5.62. The number of benzene rings is 3. The van der Waals surface area contributed by atoms with Crippen LogP contribution in [-0.4, -0.2) is 28.5 Å². The summed E-state index contributed by atoms with van der Waals surface area (Å²) < 4.78 is 28.6. The molecule has 0 aliphatic heterocycles. The molecule has 0 radical (unpaired) electrons. The zero-order chi connectivity index (χ0) is 26.4. The number of carboxylic acid groups (broad SMARTS) is 1. The molecule has 0 saturated carbocycles. The summed E-state index contributed by atoms with van der Waals surface area (Å²) in [5, 5.41) is 10.3. The highest BCUT2D eigenvalue weighted by molar-refractivity contribution is 7.90. The minimum absolute atomic E-state index is 0.175. The van der Waals surface area contributed by atoms with Gasteiger partial charge in [0.2, 0.25) is 0 Å². The quantitative estimate of drug-likeness (QED) is 0.290. The largest absolute Gasteiger partial charge is 0.481 e. The highest BCUT2D eigenvalue weighted by Crippen LogP contribution is 2.36. The Morgan fingerprint density at radius 2 is 1.51 bits per heavy atom. The van der Waals surface area contributed by atoms with Crippen molar-refractivity contribution >= 4 is 27.0 Å². The number of hydrogen-bond acceptors (Lipinski definition) is 4. The number of aromatic nitrogens is 2. The molecule has 5 aromatic rings. The normalized spacial score (nSPS) is 12.1. The molecule has 37 heavy (non-hydrogen) atoms. The van der Waals surface area contributed by atoms with Gasteiger partial charge in [0.05, 0.1) is 10.3 Å². The van der Waals surface area contributed by atoms with Gasteiger partial charge in [-0.25, -0.2) is 17.4 Å². The number of fused-ring (bicyclic) bond motifs is 1. The SMILES string of the molecule is Cc1ccc(S(=O)(=O)n2cc(-c3ccc(C(C)(C)C(=O)O)cc3)c3cc(-c4ccccc4)cnc32)cc1. The predicted octanol–water partition coefficient (Wildman–Crippen LogP) is 6.28. The molecule has 0 bridgehead atoms. The second-order valence-corrected chi connectivity index (χ2v) is 11.4. The van der Waals surface area contributed by atoms with E-state index < -0.39 is 21.4 Å². The third-order valence-corrected chi connectivity index (χ3v) is 8.41. The minimum Gasteiger partial charge on any atom is -0.481 e. The van der Waals surface area contributed by atoms with E-state index in [0.717, 1.165) is 22.3 Å². The highest BCUT2D eigenvalue weighted by Gasteiger charge is 2.29. The van der Waals surface area contributed by atoms with Crippen molar-refractivity contribution in [2.24, 2.45) is 0 Å². The smallest absolute Gasteiger partial charge is 0.313 e. The molecule has 0 unspecified atom stereocenters. The first-order valence-electron chi connectivity index (χ1n) is 11.8. The molecule has 0 aliphatic carbocycles. The standard InChI is InChI=1S/C30H26N2O4S/c1-20-9-15-25(16-10-20)37(35,36)32-19-27(22-11-13-24(14-12-22)30(2,3)29(33)34)26-17-23(18-31-28(26)32)21-7-5-4-6-8-21/h4-19H,1-3H3,(H,33,34). The highest BCUT2D eigenvalue weighted by atomic mass is 32.2. The first-order chi connectivity index (χ1) is 17.6. The van der Waals surface area contributed by atoms with Gasteiger partial charge in [0.25, 0.3) is 10.0 Å². The monoisotopic (exact) mass is 510 g/mol. The van der Waals surface area contributed by atoms with E-state index >= 15 is 0 Å². The van der Waals surface area contributed by atoms with Gasteiger partial charge in [0.1, 0.15) is 0 Å². The molecule has 0 saturated heterocycles. The van der Waals surface area contributed by atoms with Crippen LogP contribution in [0.25, 0.3) is 33.3 Å². The first-order valence-corrected chi connectivity index (χ1v) is 13.3. The Kier molecular flexibility index (Phi) is 5.96. The van der Waals surface area contributed by atoms with E-state index in [9.17, 15) is 18.3 Å².